The summed E-state index contributed by atoms with van der Waals surface area (Å²) in [5.41, 5.74) is 8.91. The summed E-state index contributed by atoms with van der Waals surface area (Å²) in [7, 11) is 0. The van der Waals surface area contributed by atoms with E-state index in [0.29, 0.717) is 12.5 Å². The fourth-order valence-electron chi connectivity index (χ4n) is 1.43. The number of hydrogen-bond donors (Lipinski definition) is 1. The molecule has 0 unspecified atom stereocenters. The van der Waals surface area contributed by atoms with Crippen LogP contribution in [0, 0.1) is 19.8 Å². The first-order valence-electron chi connectivity index (χ1n) is 5.00. The first-order chi connectivity index (χ1) is 6.50. The van der Waals surface area contributed by atoms with Gasteiger partial charge in [-0.15, -0.1) is 0 Å². The molecule has 1 rings (SSSR count). The molecule has 2 nitrogen and oxygen atoms in total. The highest BCUT2D eigenvalue weighted by Crippen LogP contribution is 2.27. The van der Waals surface area contributed by atoms with Crippen molar-refractivity contribution in [2.75, 3.05) is 12.3 Å². The lowest BCUT2D eigenvalue weighted by molar-refractivity contribution is 0.271. The van der Waals surface area contributed by atoms with Crippen molar-refractivity contribution in [3.8, 4) is 5.75 Å². The third-order valence-corrected chi connectivity index (χ3v) is 2.01. The molecule has 0 saturated heterocycles. The van der Waals surface area contributed by atoms with Crippen LogP contribution in [-0.4, -0.2) is 6.61 Å². The maximum absolute atomic E-state index is 5.88. The molecule has 1 aromatic carbocycles. The van der Waals surface area contributed by atoms with Gasteiger partial charge in [-0.2, -0.15) is 0 Å². The molecule has 14 heavy (non-hydrogen) atoms. The molecule has 0 aliphatic carbocycles. The molecule has 2 N–H and O–H groups in total. The van der Waals surface area contributed by atoms with Gasteiger partial charge in [0.1, 0.15) is 5.75 Å². The van der Waals surface area contributed by atoms with Crippen molar-refractivity contribution in [3.63, 3.8) is 0 Å². The Labute approximate surface area is 86.1 Å². The lowest BCUT2D eigenvalue weighted by Gasteiger charge is -2.14. The predicted molar refractivity (Wildman–Crippen MR) is 60.7 cm³/mol. The summed E-state index contributed by atoms with van der Waals surface area (Å²) < 4.78 is 5.66. The van der Waals surface area contributed by atoms with E-state index < -0.39 is 0 Å². The van der Waals surface area contributed by atoms with Crippen LogP contribution in [0.15, 0.2) is 12.1 Å². The lowest BCUT2D eigenvalue weighted by atomic mass is 10.1. The van der Waals surface area contributed by atoms with E-state index in [0.717, 1.165) is 17.0 Å². The Balaban J connectivity index is 2.86. The van der Waals surface area contributed by atoms with E-state index in [9.17, 15) is 0 Å². The van der Waals surface area contributed by atoms with Crippen LogP contribution in [0.5, 0.6) is 5.75 Å². The zero-order valence-electron chi connectivity index (χ0n) is 9.42. The number of benzene rings is 1. The second-order valence-electron chi connectivity index (χ2n) is 4.21. The second kappa shape index (κ2) is 4.36. The van der Waals surface area contributed by atoms with Gasteiger partial charge in [-0.25, -0.2) is 0 Å². The number of nitrogens with two attached hydrogens (primary N) is 1. The number of ether oxygens (including phenoxy) is 1. The van der Waals surface area contributed by atoms with Crippen LogP contribution in [0.3, 0.4) is 0 Å². The molecule has 0 fully saturated rings. The van der Waals surface area contributed by atoms with Gasteiger partial charge in [-0.3, -0.25) is 0 Å². The van der Waals surface area contributed by atoms with E-state index in [1.165, 1.54) is 5.56 Å². The summed E-state index contributed by atoms with van der Waals surface area (Å²) in [6.07, 6.45) is 0. The van der Waals surface area contributed by atoms with Crippen LogP contribution < -0.4 is 10.5 Å². The van der Waals surface area contributed by atoms with Gasteiger partial charge < -0.3 is 10.5 Å². The fraction of sp³-hybridized carbons (Fsp3) is 0.500. The molecule has 0 amide bonds. The second-order valence-corrected chi connectivity index (χ2v) is 4.21. The molecule has 78 valence electrons. The van der Waals surface area contributed by atoms with Crippen LogP contribution in [-0.2, 0) is 0 Å². The molecule has 0 heterocycles. The first kappa shape index (κ1) is 10.9. The van der Waals surface area contributed by atoms with Crippen molar-refractivity contribution < 1.29 is 4.74 Å². The largest absolute Gasteiger partial charge is 0.491 e. The normalized spacial score (nSPS) is 10.6. The zero-order chi connectivity index (χ0) is 10.7. The average molecular weight is 193 g/mol. The Bertz CT molecular complexity index is 295. The molecule has 0 atom stereocenters. The van der Waals surface area contributed by atoms with Crippen LogP contribution in [0.25, 0.3) is 0 Å². The van der Waals surface area contributed by atoms with Crippen LogP contribution in [0.1, 0.15) is 25.0 Å². The van der Waals surface area contributed by atoms with Gasteiger partial charge in [0.05, 0.1) is 12.3 Å². The van der Waals surface area contributed by atoms with E-state index in [-0.39, 0.29) is 0 Å². The summed E-state index contributed by atoms with van der Waals surface area (Å²) in [4.78, 5) is 0. The average Bonchev–Trinajstić information content (AvgIpc) is 2.01. The maximum atomic E-state index is 5.88. The molecule has 0 aliphatic heterocycles. The van der Waals surface area contributed by atoms with Gasteiger partial charge in [0.25, 0.3) is 0 Å². The van der Waals surface area contributed by atoms with Gasteiger partial charge in [-0.1, -0.05) is 19.9 Å². The van der Waals surface area contributed by atoms with Gasteiger partial charge in [0, 0.05) is 0 Å². The number of aryl methyl sites for hydroxylation is 2. The Morgan fingerprint density at radius 3 is 2.43 bits per heavy atom. The fourth-order valence-corrected chi connectivity index (χ4v) is 1.43. The molecule has 1 aromatic rings. The van der Waals surface area contributed by atoms with Crippen molar-refractivity contribution in [3.05, 3.63) is 23.3 Å². The van der Waals surface area contributed by atoms with Gasteiger partial charge in [0.2, 0.25) is 0 Å². The monoisotopic (exact) mass is 193 g/mol. The summed E-state index contributed by atoms with van der Waals surface area (Å²) >= 11 is 0. The smallest absolute Gasteiger partial charge is 0.145 e. The minimum atomic E-state index is 0.523. The Kier molecular flexibility index (Phi) is 3.39. The van der Waals surface area contributed by atoms with Crippen molar-refractivity contribution >= 4 is 5.69 Å². The molecule has 0 spiro atoms. The van der Waals surface area contributed by atoms with Gasteiger partial charge in [-0.05, 0) is 37.0 Å². The first-order valence-corrected chi connectivity index (χ1v) is 5.00. The van der Waals surface area contributed by atoms with Crippen LogP contribution in [0.4, 0.5) is 5.69 Å². The van der Waals surface area contributed by atoms with Crippen molar-refractivity contribution in [1.82, 2.24) is 0 Å². The highest BCUT2D eigenvalue weighted by atomic mass is 16.5. The third kappa shape index (κ3) is 2.66. The minimum absolute atomic E-state index is 0.523. The van der Waals surface area contributed by atoms with Crippen molar-refractivity contribution in [2.45, 2.75) is 27.7 Å². The highest BCUT2D eigenvalue weighted by molar-refractivity contribution is 5.58. The quantitative estimate of drug-likeness (QED) is 0.749. The SMILES string of the molecule is Cc1cc(C)c(OCC(C)C)c(N)c1. The number of hydrogen-bond acceptors (Lipinski definition) is 2. The van der Waals surface area contributed by atoms with E-state index in [1.54, 1.807) is 0 Å². The molecular formula is C12H19NO. The Hall–Kier alpha value is -1.18. The van der Waals surface area contributed by atoms with Gasteiger partial charge in [0.15, 0.2) is 0 Å². The number of rotatable bonds is 3. The molecule has 0 radical (unpaired) electrons. The third-order valence-electron chi connectivity index (χ3n) is 2.01. The van der Waals surface area contributed by atoms with E-state index in [2.05, 4.69) is 19.9 Å². The lowest BCUT2D eigenvalue weighted by Crippen LogP contribution is -2.07. The highest BCUT2D eigenvalue weighted by Gasteiger charge is 2.06. The van der Waals surface area contributed by atoms with E-state index in [1.807, 2.05) is 19.9 Å². The van der Waals surface area contributed by atoms with Crippen molar-refractivity contribution in [2.24, 2.45) is 5.92 Å². The maximum Gasteiger partial charge on any atom is 0.145 e. The Morgan fingerprint density at radius 1 is 1.29 bits per heavy atom. The molecule has 0 bridgehead atoms. The molecule has 0 aromatic heterocycles. The number of anilines is 1. The summed E-state index contributed by atoms with van der Waals surface area (Å²) in [6.45, 7) is 9.03. The standard InChI is InChI=1S/C12H19NO/c1-8(2)7-14-12-10(4)5-9(3)6-11(12)13/h5-6,8H,7,13H2,1-4H3. The zero-order valence-corrected chi connectivity index (χ0v) is 9.42. The summed E-state index contributed by atoms with van der Waals surface area (Å²) in [6, 6.07) is 4.04. The summed E-state index contributed by atoms with van der Waals surface area (Å²) in [5, 5.41) is 0. The summed E-state index contributed by atoms with van der Waals surface area (Å²) in [5.74, 6) is 1.36. The number of nitrogen functional groups attached to an aromatic ring is 1. The molecular weight excluding hydrogens is 174 g/mol. The predicted octanol–water partition coefficient (Wildman–Crippen LogP) is 2.92. The minimum Gasteiger partial charge on any atom is -0.491 e. The topological polar surface area (TPSA) is 35.2 Å². The van der Waals surface area contributed by atoms with E-state index in [4.69, 9.17) is 10.5 Å². The Morgan fingerprint density at radius 2 is 1.93 bits per heavy atom. The van der Waals surface area contributed by atoms with Crippen molar-refractivity contribution in [1.29, 1.82) is 0 Å². The molecule has 0 aliphatic rings. The van der Waals surface area contributed by atoms with Gasteiger partial charge >= 0.3 is 0 Å². The molecule has 2 heteroatoms. The van der Waals surface area contributed by atoms with Crippen LogP contribution >= 0.6 is 0 Å². The molecule has 0 saturated carbocycles. The van der Waals surface area contributed by atoms with Crippen LogP contribution in [0.2, 0.25) is 0 Å². The van der Waals surface area contributed by atoms with E-state index >= 15 is 0 Å².